The molecule has 0 aromatic heterocycles. The van der Waals surface area contributed by atoms with Crippen molar-refractivity contribution in [1.82, 2.24) is 0 Å². The summed E-state index contributed by atoms with van der Waals surface area (Å²) in [5.41, 5.74) is 1.12. The highest BCUT2D eigenvalue weighted by molar-refractivity contribution is 7.80. The highest BCUT2D eigenvalue weighted by Crippen LogP contribution is 2.34. The molecular weight excluding hydrogens is 349 g/mol. The predicted molar refractivity (Wildman–Crippen MR) is 116 cm³/mol. The first-order valence-electron chi connectivity index (χ1n) is 9.44. The third-order valence-electron chi connectivity index (χ3n) is 4.85. The summed E-state index contributed by atoms with van der Waals surface area (Å²) in [5.74, 6) is 1.28. The zero-order chi connectivity index (χ0) is 18.6. The summed E-state index contributed by atoms with van der Waals surface area (Å²) < 4.78 is 6.04. The van der Waals surface area contributed by atoms with Crippen molar-refractivity contribution in [2.24, 2.45) is 10.9 Å². The third kappa shape index (κ3) is 3.82. The van der Waals surface area contributed by atoms with E-state index in [-0.39, 0.29) is 6.04 Å². The van der Waals surface area contributed by atoms with Gasteiger partial charge in [0, 0.05) is 5.56 Å². The fourth-order valence-electron chi connectivity index (χ4n) is 3.31. The number of ether oxygens (including phenoxy) is 1. The summed E-state index contributed by atoms with van der Waals surface area (Å²) >= 11 is 0. The Kier molecular flexibility index (Phi) is 5.36. The van der Waals surface area contributed by atoms with Gasteiger partial charge in [0.05, 0.1) is 6.04 Å². The smallest absolute Gasteiger partial charge is 0.217 e. The highest BCUT2D eigenvalue weighted by atomic mass is 31.1. The molecule has 3 aromatic carbocycles. The van der Waals surface area contributed by atoms with Gasteiger partial charge in [0.15, 0.2) is 0 Å². The normalized spacial score (nSPS) is 16.4. The molecule has 27 heavy (non-hydrogen) atoms. The maximum absolute atomic E-state index is 6.04. The molecule has 0 bridgehead atoms. The standard InChI is InChI=1S/C24H24NOP/c1-18(2)22-17-26-24(25-22)21-15-9-10-16-23(21)27(19-11-5-3-6-12-19)20-13-7-4-8-14-20/h3-16,18,22H,17H2,1-2H3. The minimum absolute atomic E-state index is 0.243. The van der Waals surface area contributed by atoms with E-state index in [0.717, 1.165) is 11.5 Å². The zero-order valence-electron chi connectivity index (χ0n) is 15.7. The molecule has 3 heteroatoms. The summed E-state index contributed by atoms with van der Waals surface area (Å²) in [6.07, 6.45) is 0. The van der Waals surface area contributed by atoms with Crippen molar-refractivity contribution < 1.29 is 4.74 Å². The second-order valence-corrected chi connectivity index (χ2v) is 9.27. The van der Waals surface area contributed by atoms with E-state index in [1.54, 1.807) is 0 Å². The molecule has 1 aliphatic rings. The Bertz CT molecular complexity index is 882. The van der Waals surface area contributed by atoms with Gasteiger partial charge in [0.2, 0.25) is 5.90 Å². The van der Waals surface area contributed by atoms with Crippen molar-refractivity contribution in [3.8, 4) is 0 Å². The van der Waals surface area contributed by atoms with Crippen LogP contribution < -0.4 is 15.9 Å². The van der Waals surface area contributed by atoms with Crippen LogP contribution in [0.4, 0.5) is 0 Å². The van der Waals surface area contributed by atoms with Crippen molar-refractivity contribution in [3.63, 3.8) is 0 Å². The van der Waals surface area contributed by atoms with Gasteiger partial charge in [0.1, 0.15) is 6.61 Å². The van der Waals surface area contributed by atoms with Crippen molar-refractivity contribution >= 4 is 29.7 Å². The van der Waals surface area contributed by atoms with Crippen LogP contribution in [-0.2, 0) is 4.74 Å². The van der Waals surface area contributed by atoms with Gasteiger partial charge in [-0.3, -0.25) is 0 Å². The van der Waals surface area contributed by atoms with Gasteiger partial charge < -0.3 is 4.74 Å². The molecule has 2 nitrogen and oxygen atoms in total. The van der Waals surface area contributed by atoms with E-state index >= 15 is 0 Å². The molecule has 3 aromatic rings. The minimum Gasteiger partial charge on any atom is -0.475 e. The molecule has 1 atom stereocenters. The van der Waals surface area contributed by atoms with Crippen LogP contribution in [0.2, 0.25) is 0 Å². The molecule has 0 fully saturated rings. The monoisotopic (exact) mass is 373 g/mol. The number of hydrogen-bond donors (Lipinski definition) is 0. The van der Waals surface area contributed by atoms with E-state index in [2.05, 4.69) is 98.8 Å². The summed E-state index contributed by atoms with van der Waals surface area (Å²) in [5, 5.41) is 3.98. The summed E-state index contributed by atoms with van der Waals surface area (Å²) in [6, 6.07) is 30.4. The fraction of sp³-hybridized carbons (Fsp3) is 0.208. The molecule has 0 N–H and O–H groups in total. The van der Waals surface area contributed by atoms with Crippen LogP contribution in [-0.4, -0.2) is 18.5 Å². The van der Waals surface area contributed by atoms with Crippen LogP contribution in [0.5, 0.6) is 0 Å². The quantitative estimate of drug-likeness (QED) is 0.613. The number of nitrogens with zero attached hydrogens (tertiary/aromatic N) is 1. The van der Waals surface area contributed by atoms with E-state index in [0.29, 0.717) is 12.5 Å². The van der Waals surface area contributed by atoms with Gasteiger partial charge in [-0.05, 0) is 35.8 Å². The van der Waals surface area contributed by atoms with E-state index in [9.17, 15) is 0 Å². The number of hydrogen-bond acceptors (Lipinski definition) is 2. The van der Waals surface area contributed by atoms with Crippen molar-refractivity contribution in [2.45, 2.75) is 19.9 Å². The molecule has 0 radical (unpaired) electrons. The van der Waals surface area contributed by atoms with Gasteiger partial charge in [-0.1, -0.05) is 92.7 Å². The number of benzene rings is 3. The van der Waals surface area contributed by atoms with Crippen molar-refractivity contribution in [1.29, 1.82) is 0 Å². The number of rotatable bonds is 5. The lowest BCUT2D eigenvalue weighted by Gasteiger charge is -2.22. The first kappa shape index (κ1) is 17.9. The number of aliphatic imine (C=N–C) groups is 1. The van der Waals surface area contributed by atoms with Crippen LogP contribution >= 0.6 is 7.92 Å². The maximum atomic E-state index is 6.04. The van der Waals surface area contributed by atoms with Crippen molar-refractivity contribution in [3.05, 3.63) is 90.5 Å². The Morgan fingerprint density at radius 2 is 1.37 bits per heavy atom. The largest absolute Gasteiger partial charge is 0.475 e. The second kappa shape index (κ2) is 8.06. The Labute approximate surface area is 162 Å². The highest BCUT2D eigenvalue weighted by Gasteiger charge is 2.27. The van der Waals surface area contributed by atoms with E-state index in [4.69, 9.17) is 9.73 Å². The fourth-order valence-corrected chi connectivity index (χ4v) is 5.75. The lowest BCUT2D eigenvalue weighted by Crippen LogP contribution is -2.25. The summed E-state index contributed by atoms with van der Waals surface area (Å²) in [6.45, 7) is 5.08. The molecule has 1 unspecified atom stereocenters. The van der Waals surface area contributed by atoms with Gasteiger partial charge in [-0.25, -0.2) is 4.99 Å². The molecular formula is C24H24NOP. The molecule has 0 saturated heterocycles. The lowest BCUT2D eigenvalue weighted by atomic mass is 10.1. The Morgan fingerprint density at radius 1 is 0.815 bits per heavy atom. The molecule has 1 aliphatic heterocycles. The first-order valence-corrected chi connectivity index (χ1v) is 10.8. The average Bonchev–Trinajstić information content (AvgIpc) is 3.21. The molecule has 0 spiro atoms. The third-order valence-corrected chi connectivity index (χ3v) is 7.35. The topological polar surface area (TPSA) is 21.6 Å². The second-order valence-electron chi connectivity index (χ2n) is 7.08. The molecule has 1 heterocycles. The summed E-state index contributed by atoms with van der Waals surface area (Å²) in [7, 11) is -0.673. The van der Waals surface area contributed by atoms with Crippen LogP contribution in [0.3, 0.4) is 0 Å². The van der Waals surface area contributed by atoms with Crippen LogP contribution in [0.25, 0.3) is 0 Å². The van der Waals surface area contributed by atoms with Gasteiger partial charge in [0.25, 0.3) is 0 Å². The van der Waals surface area contributed by atoms with E-state index in [1.165, 1.54) is 15.9 Å². The molecule has 4 rings (SSSR count). The SMILES string of the molecule is CC(C)C1COC(c2ccccc2P(c2ccccc2)c2ccccc2)=N1. The van der Waals surface area contributed by atoms with Crippen LogP contribution in [0.15, 0.2) is 89.9 Å². The van der Waals surface area contributed by atoms with E-state index < -0.39 is 7.92 Å². The minimum atomic E-state index is -0.673. The Balaban J connectivity index is 1.84. The molecule has 0 aliphatic carbocycles. The Hall–Kier alpha value is -2.44. The van der Waals surface area contributed by atoms with E-state index in [1.807, 2.05) is 0 Å². The molecule has 0 saturated carbocycles. The average molecular weight is 373 g/mol. The maximum Gasteiger partial charge on any atom is 0.217 e. The predicted octanol–water partition coefficient (Wildman–Crippen LogP) is 4.25. The molecule has 136 valence electrons. The lowest BCUT2D eigenvalue weighted by molar-refractivity contribution is 0.292. The first-order chi connectivity index (χ1) is 13.2. The zero-order valence-corrected chi connectivity index (χ0v) is 16.6. The summed E-state index contributed by atoms with van der Waals surface area (Å²) in [4.78, 5) is 4.89. The van der Waals surface area contributed by atoms with Gasteiger partial charge >= 0.3 is 0 Å². The Morgan fingerprint density at radius 3 is 1.93 bits per heavy atom. The van der Waals surface area contributed by atoms with Crippen LogP contribution in [0.1, 0.15) is 19.4 Å². The van der Waals surface area contributed by atoms with Crippen LogP contribution in [0, 0.1) is 5.92 Å². The molecule has 0 amide bonds. The van der Waals surface area contributed by atoms with Gasteiger partial charge in [-0.15, -0.1) is 0 Å². The van der Waals surface area contributed by atoms with Gasteiger partial charge in [-0.2, -0.15) is 0 Å². The van der Waals surface area contributed by atoms with Crippen molar-refractivity contribution in [2.75, 3.05) is 6.61 Å².